The van der Waals surface area contributed by atoms with Gasteiger partial charge in [-0.1, -0.05) is 0 Å². The zero-order valence-corrected chi connectivity index (χ0v) is 6.60. The molecule has 0 bridgehead atoms. The smallest absolute Gasteiger partial charge is 0.402 e. The number of hydrogen-bond acceptors (Lipinski definition) is 3. The molecule has 3 N–H and O–H groups in total. The van der Waals surface area contributed by atoms with Crippen LogP contribution in [0.4, 0.5) is 0 Å². The predicted molar refractivity (Wildman–Crippen MR) is 22.3 cm³/mol. The Kier molecular flexibility index (Phi) is 51.5. The van der Waals surface area contributed by atoms with Gasteiger partial charge in [-0.05, 0) is 0 Å². The number of rotatable bonds is 0. The van der Waals surface area contributed by atoms with Crippen LogP contribution >= 0.6 is 0 Å². The summed E-state index contributed by atoms with van der Waals surface area (Å²) in [6, 6.07) is 0. The molecule has 0 aromatic carbocycles. The molecule has 0 atom stereocenters. The van der Waals surface area contributed by atoms with Crippen molar-refractivity contribution in [3.05, 3.63) is 0 Å². The van der Waals surface area contributed by atoms with Crippen molar-refractivity contribution in [2.45, 2.75) is 0 Å². The summed E-state index contributed by atoms with van der Waals surface area (Å²) in [5, 5.41) is 21.5. The van der Waals surface area contributed by atoms with Crippen LogP contribution in [0.1, 0.15) is 0 Å². The molecule has 0 saturated carbocycles. The van der Waals surface area contributed by atoms with Crippen LogP contribution in [0, 0.1) is 76.8 Å². The fourth-order valence-corrected chi connectivity index (χ4v) is 0. The van der Waals surface area contributed by atoms with E-state index < -0.39 is 7.32 Å². The summed E-state index contributed by atoms with van der Waals surface area (Å²) < 4.78 is 0. The molecule has 0 saturated heterocycles. The topological polar surface area (TPSA) is 60.7 Å². The zero-order valence-electron chi connectivity index (χ0n) is 2.55. The van der Waals surface area contributed by atoms with Crippen LogP contribution in [0.5, 0.6) is 0 Å². The summed E-state index contributed by atoms with van der Waals surface area (Å²) in [5.74, 6) is 0. The Labute approximate surface area is 114 Å². The van der Waals surface area contributed by atoms with Gasteiger partial charge in [0.25, 0.3) is 0 Å². The Morgan fingerprint density at radius 1 is 1.00 bits per heavy atom. The molecule has 0 aliphatic carbocycles. The Balaban J connectivity index is -0.0000000150. The van der Waals surface area contributed by atoms with Gasteiger partial charge in [-0.15, -0.1) is 0 Å². The molecular weight excluding hydrogens is 412 g/mol. The summed E-state index contributed by atoms with van der Waals surface area (Å²) >= 11 is 0. The maximum absolute atomic E-state index is 7.17. The largest absolute Gasteiger partial charge is 0.631 e. The molecule has 0 aliphatic heterocycles. The molecule has 0 unspecified atom stereocenters. The summed E-state index contributed by atoms with van der Waals surface area (Å²) in [6.07, 6.45) is 0. The van der Waals surface area contributed by atoms with Crippen molar-refractivity contribution in [1.82, 2.24) is 0 Å². The second-order valence-corrected chi connectivity index (χ2v) is 0.346. The van der Waals surface area contributed by atoms with Crippen LogP contribution in [-0.2, 0) is 0 Å². The Bertz CT molecular complexity index is 19.7. The van der Waals surface area contributed by atoms with Crippen molar-refractivity contribution in [2.75, 3.05) is 0 Å². The van der Waals surface area contributed by atoms with Crippen LogP contribution < -0.4 is 0 Å². The molecule has 0 rings (SSSR count). The molecule has 0 aromatic rings. The first-order valence-corrected chi connectivity index (χ1v) is 0.775. The minimum atomic E-state index is -2.17. The first-order valence-electron chi connectivity index (χ1n) is 0.775. The van der Waals surface area contributed by atoms with Gasteiger partial charge in [-0.25, -0.2) is 0 Å². The first kappa shape index (κ1) is 22.5. The van der Waals surface area contributed by atoms with Crippen LogP contribution in [-0.4, -0.2) is 39.8 Å². The first-order chi connectivity index (χ1) is 1.73. The molecule has 51 valence electrons. The third kappa shape index (κ3) is 48.5. The maximum Gasteiger partial charge on any atom is 0.631 e. The van der Waals surface area contributed by atoms with Gasteiger partial charge in [0.1, 0.15) is 0 Å². The molecule has 0 aromatic heterocycles. The van der Waals surface area contributed by atoms with E-state index in [0.29, 0.717) is 0 Å². The Hall–Kier alpha value is 3.04. The average Bonchev–Trinajstić information content (AvgIpc) is 0.811. The van der Waals surface area contributed by atoms with Crippen molar-refractivity contribution in [1.29, 1.82) is 0 Å². The van der Waals surface area contributed by atoms with Crippen molar-refractivity contribution in [2.24, 2.45) is 0 Å². The van der Waals surface area contributed by atoms with Gasteiger partial charge in [0.15, 0.2) is 17.4 Å². The number of hydrogen-bond donors (Lipinski definition) is 3. The second kappa shape index (κ2) is 16.0. The fraction of sp³-hybridized carbons (Fsp3) is 0. The van der Waals surface area contributed by atoms with Gasteiger partial charge in [-0.3, -0.25) is 0 Å². The van der Waals surface area contributed by atoms with Crippen LogP contribution in [0.15, 0.2) is 0 Å². The van der Waals surface area contributed by atoms with Gasteiger partial charge in [0.2, 0.25) is 0 Å². The quantitative estimate of drug-likeness (QED) is 0.363. The summed E-state index contributed by atoms with van der Waals surface area (Å²) in [4.78, 5) is 0. The molecule has 0 heterocycles. The van der Waals surface area contributed by atoms with Crippen molar-refractivity contribution >= 4 is 24.7 Å². The zero-order chi connectivity index (χ0) is 3.58. The minimum Gasteiger partial charge on any atom is -0.402 e. The van der Waals surface area contributed by atoms with Crippen LogP contribution in [0.25, 0.3) is 0 Å². The molecule has 0 spiro atoms. The van der Waals surface area contributed by atoms with E-state index in [-0.39, 0.29) is 94.2 Å². The third-order valence-electron chi connectivity index (χ3n) is 0. The van der Waals surface area contributed by atoms with Gasteiger partial charge in [0, 0.05) is 76.8 Å². The van der Waals surface area contributed by atoms with E-state index in [2.05, 4.69) is 0 Å². The van der Waals surface area contributed by atoms with Crippen molar-refractivity contribution in [3.8, 4) is 0 Å². The predicted octanol–water partition coefficient (Wildman–Crippen LogP) is -3.24. The summed E-state index contributed by atoms with van der Waals surface area (Å²) in [5.41, 5.74) is 0. The molecule has 1 radical (unpaired) electrons. The minimum absolute atomic E-state index is 0. The molecule has 0 fully saturated rings. The summed E-state index contributed by atoms with van der Waals surface area (Å²) in [6.45, 7) is 0. The SMILES string of the molecule is OB(O)O.[AlH3].[Gd].[Tm]. The van der Waals surface area contributed by atoms with E-state index in [9.17, 15) is 0 Å². The maximum atomic E-state index is 7.17. The van der Waals surface area contributed by atoms with E-state index >= 15 is 0 Å². The van der Waals surface area contributed by atoms with Crippen LogP contribution in [0.3, 0.4) is 0 Å². The summed E-state index contributed by atoms with van der Waals surface area (Å²) in [7, 11) is -2.17. The van der Waals surface area contributed by atoms with Crippen molar-refractivity contribution < 1.29 is 91.9 Å². The van der Waals surface area contributed by atoms with Crippen LogP contribution in [0.2, 0.25) is 0 Å². The van der Waals surface area contributed by atoms with E-state index in [4.69, 9.17) is 15.1 Å². The molecule has 0 aliphatic rings. The van der Waals surface area contributed by atoms with E-state index in [0.717, 1.165) is 0 Å². The van der Waals surface area contributed by atoms with E-state index in [1.807, 2.05) is 0 Å². The molecule has 0 amide bonds. The van der Waals surface area contributed by atoms with Crippen molar-refractivity contribution in [3.63, 3.8) is 0 Å². The average molecular weight is 418 g/mol. The Morgan fingerprint density at radius 2 is 1.00 bits per heavy atom. The third-order valence-corrected chi connectivity index (χ3v) is 0. The second-order valence-electron chi connectivity index (χ2n) is 0.346. The normalized spacial score (nSPS) is 3.86. The van der Waals surface area contributed by atoms with E-state index in [1.54, 1.807) is 0 Å². The molecular formula is H6AlBGdO3Tm. The molecule has 3 nitrogen and oxygen atoms in total. The standard InChI is InChI=1S/Al.BH3O3.Gd.Tm.3H/c;2-1(3)4;;;;;/h;2-4H;;;;;. The molecule has 7 heavy (non-hydrogen) atoms. The van der Waals surface area contributed by atoms with Gasteiger partial charge in [-0.2, -0.15) is 0 Å². The van der Waals surface area contributed by atoms with Gasteiger partial charge in [0.05, 0.1) is 0 Å². The Morgan fingerprint density at radius 3 is 1.00 bits per heavy atom. The fourth-order valence-electron chi connectivity index (χ4n) is 0. The van der Waals surface area contributed by atoms with E-state index in [1.165, 1.54) is 0 Å². The van der Waals surface area contributed by atoms with Gasteiger partial charge < -0.3 is 15.1 Å². The molecule has 7 heteroatoms. The van der Waals surface area contributed by atoms with Gasteiger partial charge >= 0.3 is 7.32 Å². The monoisotopic (exact) mass is 419 g/mol.